The van der Waals surface area contributed by atoms with E-state index in [9.17, 15) is 0 Å². The average molecular weight is 290 g/mol. The third-order valence-electron chi connectivity index (χ3n) is 4.59. The largest absolute Gasteiger partial charge is 0.377 e. The van der Waals surface area contributed by atoms with Gasteiger partial charge >= 0.3 is 0 Å². The molecule has 0 radical (unpaired) electrons. The van der Waals surface area contributed by atoms with Crippen LogP contribution in [-0.4, -0.2) is 46.2 Å². The number of likely N-dealkylation sites (tertiary alicyclic amines) is 1. The fourth-order valence-corrected chi connectivity index (χ4v) is 4.92. The van der Waals surface area contributed by atoms with Crippen LogP contribution in [0, 0.1) is 5.92 Å². The highest BCUT2D eigenvalue weighted by Crippen LogP contribution is 2.46. The number of pyridine rings is 1. The first-order chi connectivity index (χ1) is 9.81. The van der Waals surface area contributed by atoms with Crippen molar-refractivity contribution in [2.24, 2.45) is 5.92 Å². The molecule has 1 aromatic rings. The predicted molar refractivity (Wildman–Crippen MR) is 81.8 cm³/mol. The molecule has 0 aromatic carbocycles. The summed E-state index contributed by atoms with van der Waals surface area (Å²) in [5.74, 6) is 2.09. The highest BCUT2D eigenvalue weighted by atomic mass is 32.2. The second-order valence-electron chi connectivity index (χ2n) is 6.60. The molecule has 1 aromatic heterocycles. The van der Waals surface area contributed by atoms with Gasteiger partial charge in [0.15, 0.2) is 0 Å². The van der Waals surface area contributed by atoms with Crippen LogP contribution in [0.4, 0.5) is 0 Å². The van der Waals surface area contributed by atoms with Crippen molar-refractivity contribution < 1.29 is 4.74 Å². The van der Waals surface area contributed by atoms with E-state index in [1.165, 1.54) is 43.7 Å². The van der Waals surface area contributed by atoms with Gasteiger partial charge < -0.3 is 4.74 Å². The van der Waals surface area contributed by atoms with Crippen molar-refractivity contribution in [1.29, 1.82) is 0 Å². The summed E-state index contributed by atoms with van der Waals surface area (Å²) in [6, 6.07) is 4.19. The molecule has 3 aliphatic rings. The lowest BCUT2D eigenvalue weighted by Gasteiger charge is -2.47. The number of thioether (sulfide) groups is 1. The Morgan fingerprint density at radius 2 is 2.30 bits per heavy atom. The Labute approximate surface area is 125 Å². The van der Waals surface area contributed by atoms with Gasteiger partial charge in [0.25, 0.3) is 0 Å². The van der Waals surface area contributed by atoms with Gasteiger partial charge in [-0.2, -0.15) is 0 Å². The third-order valence-corrected chi connectivity index (χ3v) is 6.17. The van der Waals surface area contributed by atoms with Crippen LogP contribution >= 0.6 is 11.8 Å². The van der Waals surface area contributed by atoms with Crippen LogP contribution in [0.2, 0.25) is 0 Å². The van der Waals surface area contributed by atoms with Crippen molar-refractivity contribution in [3.8, 4) is 0 Å². The Balaban J connectivity index is 1.23. The van der Waals surface area contributed by atoms with Crippen LogP contribution in [0.1, 0.15) is 24.8 Å². The molecule has 0 amide bonds. The van der Waals surface area contributed by atoms with Gasteiger partial charge in [-0.05, 0) is 36.8 Å². The topological polar surface area (TPSA) is 25.4 Å². The minimum absolute atomic E-state index is 0.496. The summed E-state index contributed by atoms with van der Waals surface area (Å²) in [4.78, 5) is 6.73. The van der Waals surface area contributed by atoms with Gasteiger partial charge in [0, 0.05) is 49.1 Å². The quantitative estimate of drug-likeness (QED) is 0.832. The van der Waals surface area contributed by atoms with Crippen LogP contribution in [0.3, 0.4) is 0 Å². The molecule has 2 aliphatic heterocycles. The molecule has 3 fully saturated rings. The molecule has 20 heavy (non-hydrogen) atoms. The molecule has 0 bridgehead atoms. The fourth-order valence-electron chi connectivity index (χ4n) is 3.32. The Kier molecular flexibility index (Phi) is 3.49. The second kappa shape index (κ2) is 5.32. The molecule has 1 spiro atoms. The summed E-state index contributed by atoms with van der Waals surface area (Å²) in [7, 11) is 0. The Hall–Kier alpha value is -0.580. The van der Waals surface area contributed by atoms with Crippen LogP contribution in [0.15, 0.2) is 24.5 Å². The highest BCUT2D eigenvalue weighted by Gasteiger charge is 2.49. The molecule has 2 saturated heterocycles. The zero-order chi connectivity index (χ0) is 13.4. The zero-order valence-corrected chi connectivity index (χ0v) is 12.6. The van der Waals surface area contributed by atoms with E-state index in [1.807, 2.05) is 18.5 Å². The van der Waals surface area contributed by atoms with E-state index in [0.29, 0.717) is 10.9 Å². The molecule has 4 heteroatoms. The summed E-state index contributed by atoms with van der Waals surface area (Å²) in [6.07, 6.45) is 8.38. The first-order valence-electron chi connectivity index (χ1n) is 7.68. The maximum atomic E-state index is 6.06. The van der Waals surface area contributed by atoms with Crippen LogP contribution in [0.5, 0.6) is 0 Å². The van der Waals surface area contributed by atoms with Crippen molar-refractivity contribution in [1.82, 2.24) is 9.88 Å². The summed E-state index contributed by atoms with van der Waals surface area (Å²) >= 11 is 2.14. The van der Waals surface area contributed by atoms with E-state index in [-0.39, 0.29) is 0 Å². The van der Waals surface area contributed by atoms with Crippen molar-refractivity contribution in [3.63, 3.8) is 0 Å². The summed E-state index contributed by atoms with van der Waals surface area (Å²) < 4.78 is 6.56. The number of ether oxygens (including phenoxy) is 1. The molecule has 1 unspecified atom stereocenters. The highest BCUT2D eigenvalue weighted by molar-refractivity contribution is 8.01. The van der Waals surface area contributed by atoms with E-state index >= 15 is 0 Å². The maximum Gasteiger partial charge on any atom is 0.0680 e. The smallest absolute Gasteiger partial charge is 0.0680 e. The maximum absolute atomic E-state index is 6.06. The Bertz CT molecular complexity index is 457. The standard InChI is InChI=1S/C16H22N2OS/c1-2-14(7-17-5-1)8-18-11-16(12-18)6-15(10-20-16)19-9-13-3-4-13/h1-2,5,7,13,15H,3-4,6,8-12H2. The molecule has 4 rings (SSSR count). The van der Waals surface area contributed by atoms with Crippen LogP contribution in [0.25, 0.3) is 0 Å². The molecule has 3 heterocycles. The summed E-state index contributed by atoms with van der Waals surface area (Å²) in [6.45, 7) is 4.50. The van der Waals surface area contributed by atoms with Crippen molar-refractivity contribution in [3.05, 3.63) is 30.1 Å². The van der Waals surface area contributed by atoms with Gasteiger partial charge in [-0.15, -0.1) is 11.8 Å². The number of nitrogens with zero attached hydrogens (tertiary/aromatic N) is 2. The van der Waals surface area contributed by atoms with Gasteiger partial charge in [-0.1, -0.05) is 6.07 Å². The average Bonchev–Trinajstić information content (AvgIpc) is 3.17. The van der Waals surface area contributed by atoms with Crippen molar-refractivity contribution >= 4 is 11.8 Å². The van der Waals surface area contributed by atoms with Gasteiger partial charge in [0.1, 0.15) is 0 Å². The first kappa shape index (κ1) is 13.1. The van der Waals surface area contributed by atoms with Crippen molar-refractivity contribution in [2.45, 2.75) is 36.7 Å². The molecule has 3 nitrogen and oxygen atoms in total. The number of hydrogen-bond acceptors (Lipinski definition) is 4. The molecule has 1 aliphatic carbocycles. The zero-order valence-electron chi connectivity index (χ0n) is 11.8. The van der Waals surface area contributed by atoms with E-state index in [2.05, 4.69) is 27.7 Å². The van der Waals surface area contributed by atoms with E-state index in [4.69, 9.17) is 4.74 Å². The third kappa shape index (κ3) is 2.87. The lowest BCUT2D eigenvalue weighted by molar-refractivity contribution is 0.0305. The van der Waals surface area contributed by atoms with Gasteiger partial charge in [0.2, 0.25) is 0 Å². The molecule has 0 N–H and O–H groups in total. The lowest BCUT2D eigenvalue weighted by atomic mass is 9.92. The van der Waals surface area contributed by atoms with Crippen LogP contribution < -0.4 is 0 Å². The van der Waals surface area contributed by atoms with Gasteiger partial charge in [-0.25, -0.2) is 0 Å². The van der Waals surface area contributed by atoms with E-state index in [1.54, 1.807) is 0 Å². The minimum atomic E-state index is 0.496. The van der Waals surface area contributed by atoms with E-state index in [0.717, 1.165) is 19.1 Å². The van der Waals surface area contributed by atoms with Gasteiger partial charge in [0.05, 0.1) is 6.10 Å². The number of rotatable bonds is 5. The molecule has 1 saturated carbocycles. The summed E-state index contributed by atoms with van der Waals surface area (Å²) in [5.41, 5.74) is 1.33. The SMILES string of the molecule is c1cncc(CN2CC3(CC(OCC4CC4)CS3)C2)c1. The Morgan fingerprint density at radius 1 is 1.40 bits per heavy atom. The first-order valence-corrected chi connectivity index (χ1v) is 8.67. The van der Waals surface area contributed by atoms with Gasteiger partial charge in [-0.3, -0.25) is 9.88 Å². The second-order valence-corrected chi connectivity index (χ2v) is 8.09. The number of aromatic nitrogens is 1. The molecular weight excluding hydrogens is 268 g/mol. The van der Waals surface area contributed by atoms with Crippen molar-refractivity contribution in [2.75, 3.05) is 25.4 Å². The molecular formula is C16H22N2OS. The normalized spacial score (nSPS) is 28.7. The monoisotopic (exact) mass is 290 g/mol. The minimum Gasteiger partial charge on any atom is -0.377 e. The lowest BCUT2D eigenvalue weighted by Crippen LogP contribution is -2.58. The molecule has 108 valence electrons. The predicted octanol–water partition coefficient (Wildman–Crippen LogP) is 2.57. The Morgan fingerprint density at radius 3 is 3.05 bits per heavy atom. The summed E-state index contributed by atoms with van der Waals surface area (Å²) in [5, 5.41) is 0. The van der Waals surface area contributed by atoms with E-state index < -0.39 is 0 Å². The molecule has 1 atom stereocenters. The number of hydrogen-bond donors (Lipinski definition) is 0. The fraction of sp³-hybridized carbons (Fsp3) is 0.688. The van der Waals surface area contributed by atoms with Crippen LogP contribution in [-0.2, 0) is 11.3 Å².